The Labute approximate surface area is 187 Å². The quantitative estimate of drug-likeness (QED) is 0.443. The van der Waals surface area contributed by atoms with E-state index in [1.807, 2.05) is 23.9 Å². The number of guanidine groups is 1. The highest BCUT2D eigenvalue weighted by Crippen LogP contribution is 2.16. The van der Waals surface area contributed by atoms with Crippen LogP contribution in [-0.2, 0) is 20.0 Å². The number of nitrogens with zero attached hydrogens (tertiary/aromatic N) is 4. The van der Waals surface area contributed by atoms with Gasteiger partial charge in [-0.05, 0) is 70.6 Å². The maximum absolute atomic E-state index is 5.98. The van der Waals surface area contributed by atoms with Crippen LogP contribution >= 0.6 is 0 Å². The fourth-order valence-corrected chi connectivity index (χ4v) is 3.73. The number of aryl methyl sites for hydroxylation is 2. The van der Waals surface area contributed by atoms with E-state index in [-0.39, 0.29) is 12.1 Å². The third-order valence-corrected chi connectivity index (χ3v) is 5.24. The average molecular weight is 429 g/mol. The Morgan fingerprint density at radius 1 is 1.23 bits per heavy atom. The fourth-order valence-electron chi connectivity index (χ4n) is 3.73. The molecule has 0 bridgehead atoms. The molecule has 2 aromatic heterocycles. The Balaban J connectivity index is 2.01. The third kappa shape index (κ3) is 7.89. The van der Waals surface area contributed by atoms with Crippen LogP contribution in [0, 0.1) is 19.8 Å². The predicted octanol–water partition coefficient (Wildman–Crippen LogP) is 3.93. The van der Waals surface area contributed by atoms with Gasteiger partial charge >= 0.3 is 0 Å². The van der Waals surface area contributed by atoms with Crippen molar-refractivity contribution in [1.82, 2.24) is 25.4 Å². The van der Waals surface area contributed by atoms with E-state index in [0.29, 0.717) is 18.3 Å². The molecule has 2 heterocycles. The van der Waals surface area contributed by atoms with Crippen molar-refractivity contribution in [3.63, 3.8) is 0 Å². The van der Waals surface area contributed by atoms with E-state index >= 15 is 0 Å². The number of nitrogens with one attached hydrogen (secondary N) is 2. The van der Waals surface area contributed by atoms with E-state index in [1.165, 1.54) is 11.3 Å². The molecule has 2 aromatic rings. The lowest BCUT2D eigenvalue weighted by atomic mass is 10.1. The van der Waals surface area contributed by atoms with E-state index in [1.54, 1.807) is 6.20 Å². The van der Waals surface area contributed by atoms with Crippen molar-refractivity contribution in [2.24, 2.45) is 18.0 Å². The van der Waals surface area contributed by atoms with Crippen molar-refractivity contribution in [1.29, 1.82) is 0 Å². The maximum atomic E-state index is 5.98. The summed E-state index contributed by atoms with van der Waals surface area (Å²) in [4.78, 5) is 9.13. The van der Waals surface area contributed by atoms with Crippen molar-refractivity contribution in [3.8, 4) is 5.88 Å². The monoisotopic (exact) mass is 428 g/mol. The van der Waals surface area contributed by atoms with Crippen LogP contribution in [0.1, 0.15) is 63.6 Å². The Hall–Kier alpha value is -2.57. The van der Waals surface area contributed by atoms with Crippen LogP contribution in [-0.4, -0.2) is 39.4 Å². The standard InChI is InChI=1S/C24H40N6O/c1-9-25-24(28-17(4)13-22-19(6)29-30(8)20(22)7)27-15-21-10-11-26-23(14-21)31-18(5)12-16(2)3/h10-11,14,16-18H,9,12-13,15H2,1-8H3,(H2,25,27,28). The molecule has 0 aliphatic rings. The van der Waals surface area contributed by atoms with Crippen LogP contribution in [0.15, 0.2) is 23.3 Å². The molecule has 31 heavy (non-hydrogen) atoms. The minimum absolute atomic E-state index is 0.144. The molecule has 7 nitrogen and oxygen atoms in total. The van der Waals surface area contributed by atoms with E-state index < -0.39 is 0 Å². The minimum atomic E-state index is 0.144. The summed E-state index contributed by atoms with van der Waals surface area (Å²) in [5.41, 5.74) is 4.67. The van der Waals surface area contributed by atoms with Gasteiger partial charge in [0.25, 0.3) is 0 Å². The molecule has 0 saturated heterocycles. The van der Waals surface area contributed by atoms with Gasteiger partial charge in [0, 0.05) is 37.6 Å². The normalized spacial score (nSPS) is 13.9. The van der Waals surface area contributed by atoms with E-state index in [0.717, 1.165) is 36.6 Å². The molecular weight excluding hydrogens is 388 g/mol. The smallest absolute Gasteiger partial charge is 0.213 e. The summed E-state index contributed by atoms with van der Waals surface area (Å²) in [7, 11) is 1.99. The molecule has 2 N–H and O–H groups in total. The Morgan fingerprint density at radius 2 is 1.97 bits per heavy atom. The van der Waals surface area contributed by atoms with Gasteiger partial charge in [0.15, 0.2) is 5.96 Å². The zero-order valence-corrected chi connectivity index (χ0v) is 20.5. The van der Waals surface area contributed by atoms with Crippen molar-refractivity contribution < 1.29 is 4.74 Å². The first kappa shape index (κ1) is 24.7. The number of pyridine rings is 1. The number of aromatic nitrogens is 3. The third-order valence-electron chi connectivity index (χ3n) is 5.24. The zero-order valence-electron chi connectivity index (χ0n) is 20.5. The molecule has 2 rings (SSSR count). The summed E-state index contributed by atoms with van der Waals surface area (Å²) in [6.07, 6.45) is 3.84. The van der Waals surface area contributed by atoms with E-state index in [2.05, 4.69) is 69.2 Å². The fraction of sp³-hybridized carbons (Fsp3) is 0.625. The number of rotatable bonds is 10. The minimum Gasteiger partial charge on any atom is -0.475 e. The Bertz CT molecular complexity index is 858. The van der Waals surface area contributed by atoms with Crippen LogP contribution < -0.4 is 15.4 Å². The second kappa shape index (κ2) is 11.7. The molecule has 0 spiro atoms. The first-order valence-electron chi connectivity index (χ1n) is 11.3. The molecule has 0 amide bonds. The van der Waals surface area contributed by atoms with Gasteiger partial charge in [-0.25, -0.2) is 9.98 Å². The zero-order chi connectivity index (χ0) is 23.0. The molecule has 2 unspecified atom stereocenters. The molecule has 0 aliphatic heterocycles. The highest BCUT2D eigenvalue weighted by molar-refractivity contribution is 5.80. The largest absolute Gasteiger partial charge is 0.475 e. The molecule has 0 aromatic carbocycles. The summed E-state index contributed by atoms with van der Waals surface area (Å²) in [6.45, 7) is 16.3. The van der Waals surface area contributed by atoms with Gasteiger partial charge in [-0.2, -0.15) is 5.10 Å². The topological polar surface area (TPSA) is 76.4 Å². The van der Waals surface area contributed by atoms with Crippen molar-refractivity contribution in [2.45, 2.75) is 80.0 Å². The second-order valence-electron chi connectivity index (χ2n) is 8.78. The van der Waals surface area contributed by atoms with Gasteiger partial charge in [0.2, 0.25) is 5.88 Å². The molecule has 0 saturated carbocycles. The highest BCUT2D eigenvalue weighted by atomic mass is 16.5. The number of aliphatic imine (C=N–C) groups is 1. The Morgan fingerprint density at radius 3 is 2.58 bits per heavy atom. The molecular formula is C24H40N6O. The molecule has 2 atom stereocenters. The van der Waals surface area contributed by atoms with Crippen molar-refractivity contribution >= 4 is 5.96 Å². The van der Waals surface area contributed by atoms with Crippen LogP contribution in [0.3, 0.4) is 0 Å². The van der Waals surface area contributed by atoms with Gasteiger partial charge in [0.05, 0.1) is 18.3 Å². The lowest BCUT2D eigenvalue weighted by Gasteiger charge is -2.18. The van der Waals surface area contributed by atoms with Gasteiger partial charge in [-0.15, -0.1) is 0 Å². The first-order chi connectivity index (χ1) is 14.7. The van der Waals surface area contributed by atoms with Crippen LogP contribution in [0.2, 0.25) is 0 Å². The van der Waals surface area contributed by atoms with Crippen LogP contribution in [0.5, 0.6) is 5.88 Å². The summed E-state index contributed by atoms with van der Waals surface area (Å²) in [5.74, 6) is 2.06. The average Bonchev–Trinajstić information content (AvgIpc) is 2.92. The van der Waals surface area contributed by atoms with Gasteiger partial charge in [-0.3, -0.25) is 4.68 Å². The summed E-state index contributed by atoms with van der Waals surface area (Å²) in [5, 5.41) is 11.4. The number of hydrogen-bond acceptors (Lipinski definition) is 4. The van der Waals surface area contributed by atoms with Crippen LogP contribution in [0.25, 0.3) is 0 Å². The van der Waals surface area contributed by atoms with Crippen LogP contribution in [0.4, 0.5) is 0 Å². The molecule has 7 heteroatoms. The molecule has 0 aliphatic carbocycles. The Kier molecular flexibility index (Phi) is 9.34. The summed E-state index contributed by atoms with van der Waals surface area (Å²) < 4.78 is 7.92. The highest BCUT2D eigenvalue weighted by Gasteiger charge is 2.14. The maximum Gasteiger partial charge on any atom is 0.213 e. The number of ether oxygens (including phenoxy) is 1. The van der Waals surface area contributed by atoms with E-state index in [9.17, 15) is 0 Å². The molecule has 0 fully saturated rings. The SMILES string of the molecule is CCNC(=NCc1ccnc(OC(C)CC(C)C)c1)NC(C)Cc1c(C)nn(C)c1C. The predicted molar refractivity (Wildman–Crippen MR) is 128 cm³/mol. The van der Waals surface area contributed by atoms with Crippen molar-refractivity contribution in [2.75, 3.05) is 6.54 Å². The summed E-state index contributed by atoms with van der Waals surface area (Å²) >= 11 is 0. The lowest BCUT2D eigenvalue weighted by molar-refractivity contribution is 0.185. The second-order valence-corrected chi connectivity index (χ2v) is 8.78. The van der Waals surface area contributed by atoms with Gasteiger partial charge < -0.3 is 15.4 Å². The van der Waals surface area contributed by atoms with E-state index in [4.69, 9.17) is 9.73 Å². The van der Waals surface area contributed by atoms with Crippen molar-refractivity contribution in [3.05, 3.63) is 40.8 Å². The van der Waals surface area contributed by atoms with Gasteiger partial charge in [0.1, 0.15) is 0 Å². The number of hydrogen-bond donors (Lipinski definition) is 2. The lowest BCUT2D eigenvalue weighted by Crippen LogP contribution is -2.43. The first-order valence-corrected chi connectivity index (χ1v) is 11.3. The van der Waals surface area contributed by atoms with Gasteiger partial charge in [-0.1, -0.05) is 13.8 Å². The molecule has 0 radical (unpaired) electrons. The molecule has 172 valence electrons. The summed E-state index contributed by atoms with van der Waals surface area (Å²) in [6, 6.07) is 4.20.